The van der Waals surface area contributed by atoms with Crippen molar-refractivity contribution in [1.29, 1.82) is 5.26 Å². The molecule has 1 fully saturated rings. The first-order valence-corrected chi connectivity index (χ1v) is 8.79. The monoisotopic (exact) mass is 381 g/mol. The second-order valence-electron chi connectivity index (χ2n) is 6.14. The second-order valence-corrected chi connectivity index (χ2v) is 6.14. The molecule has 1 amide bonds. The highest BCUT2D eigenvalue weighted by atomic mass is 16.5. The summed E-state index contributed by atoms with van der Waals surface area (Å²) in [7, 11) is 0. The summed E-state index contributed by atoms with van der Waals surface area (Å²) in [6, 6.07) is 8.55. The van der Waals surface area contributed by atoms with Crippen molar-refractivity contribution in [2.24, 2.45) is 0 Å². The van der Waals surface area contributed by atoms with Crippen LogP contribution in [0.5, 0.6) is 5.88 Å². The van der Waals surface area contributed by atoms with Crippen LogP contribution < -0.4 is 15.8 Å². The summed E-state index contributed by atoms with van der Waals surface area (Å²) in [6.45, 7) is 1.96. The third-order valence-corrected chi connectivity index (χ3v) is 4.14. The Kier molecular flexibility index (Phi) is 5.69. The van der Waals surface area contributed by atoms with Gasteiger partial charge in [0.05, 0.1) is 24.3 Å². The van der Waals surface area contributed by atoms with Gasteiger partial charge < -0.3 is 20.5 Å². The van der Waals surface area contributed by atoms with Crippen LogP contribution in [-0.4, -0.2) is 41.1 Å². The van der Waals surface area contributed by atoms with Crippen LogP contribution >= 0.6 is 0 Å². The zero-order chi connectivity index (χ0) is 20.1. The molecule has 1 saturated heterocycles. The van der Waals surface area contributed by atoms with E-state index in [0.29, 0.717) is 24.0 Å². The van der Waals surface area contributed by atoms with Gasteiger partial charge >= 0.3 is 5.97 Å². The molecule has 0 spiro atoms. The molecular weight excluding hydrogens is 362 g/mol. The number of nitrogens with two attached hydrogens (primary N) is 1. The lowest BCUT2D eigenvalue weighted by molar-refractivity contribution is -0.119. The molecule has 9 heteroatoms. The van der Waals surface area contributed by atoms with Crippen molar-refractivity contribution >= 4 is 17.7 Å². The van der Waals surface area contributed by atoms with Gasteiger partial charge in [0.15, 0.2) is 11.4 Å². The maximum absolute atomic E-state index is 12.3. The third kappa shape index (κ3) is 4.17. The van der Waals surface area contributed by atoms with Crippen molar-refractivity contribution in [1.82, 2.24) is 15.3 Å². The molecule has 0 aliphatic carbocycles. The number of nitriles is 1. The molecule has 28 heavy (non-hydrogen) atoms. The number of nitrogens with zero attached hydrogens (tertiary/aromatic N) is 3. The number of aromatic nitrogens is 2. The first-order valence-electron chi connectivity index (χ1n) is 8.79. The number of esters is 1. The molecule has 1 unspecified atom stereocenters. The molecule has 0 bridgehead atoms. The van der Waals surface area contributed by atoms with Crippen LogP contribution in [0, 0.1) is 11.3 Å². The van der Waals surface area contributed by atoms with E-state index < -0.39 is 5.97 Å². The van der Waals surface area contributed by atoms with Gasteiger partial charge in [0.2, 0.25) is 11.8 Å². The van der Waals surface area contributed by atoms with Crippen molar-refractivity contribution in [3.8, 4) is 23.3 Å². The van der Waals surface area contributed by atoms with Gasteiger partial charge in [-0.05, 0) is 25.5 Å². The summed E-state index contributed by atoms with van der Waals surface area (Å²) in [6.07, 6.45) is 1.06. The molecule has 9 nitrogen and oxygen atoms in total. The van der Waals surface area contributed by atoms with Crippen molar-refractivity contribution < 1.29 is 19.1 Å². The first-order chi connectivity index (χ1) is 13.5. The third-order valence-electron chi connectivity index (χ3n) is 4.14. The van der Waals surface area contributed by atoms with Gasteiger partial charge in [-0.25, -0.2) is 9.78 Å². The Bertz CT molecular complexity index is 954. The van der Waals surface area contributed by atoms with Crippen LogP contribution in [-0.2, 0) is 9.53 Å². The van der Waals surface area contributed by atoms with Gasteiger partial charge in [-0.15, -0.1) is 0 Å². The number of ether oxygens (including phenoxy) is 2. The zero-order valence-corrected chi connectivity index (χ0v) is 15.3. The standard InChI is InChI=1S/C19H19N5O4/c1-2-27-19(26)15-16(21)23-17(12-5-3-4-11(8-12)9-20)24-18(15)28-10-13-6-7-14(25)22-13/h3-5,8,13H,2,6-7,10H2,1H3,(H,22,25)(H2,21,23,24). The Labute approximate surface area is 161 Å². The SMILES string of the molecule is CCOC(=O)c1c(N)nc(-c2cccc(C#N)c2)nc1OCC1CCC(=O)N1. The van der Waals surface area contributed by atoms with Crippen molar-refractivity contribution in [3.63, 3.8) is 0 Å². The van der Waals surface area contributed by atoms with Crippen molar-refractivity contribution in [2.45, 2.75) is 25.8 Å². The number of nitrogen functional groups attached to an aromatic ring is 1. The Balaban J connectivity index is 1.96. The maximum atomic E-state index is 12.3. The number of amides is 1. The van der Waals surface area contributed by atoms with Gasteiger partial charge in [-0.1, -0.05) is 12.1 Å². The molecule has 1 aromatic carbocycles. The first kappa shape index (κ1) is 19.1. The van der Waals surface area contributed by atoms with E-state index in [2.05, 4.69) is 15.3 Å². The van der Waals surface area contributed by atoms with Crippen molar-refractivity contribution in [3.05, 3.63) is 35.4 Å². The van der Waals surface area contributed by atoms with E-state index in [1.165, 1.54) is 0 Å². The highest BCUT2D eigenvalue weighted by molar-refractivity contribution is 5.97. The van der Waals surface area contributed by atoms with E-state index in [1.807, 2.05) is 6.07 Å². The molecule has 3 rings (SSSR count). The minimum atomic E-state index is -0.692. The number of carbonyl (C=O) groups is 2. The summed E-state index contributed by atoms with van der Waals surface area (Å²) < 4.78 is 10.8. The van der Waals surface area contributed by atoms with E-state index >= 15 is 0 Å². The number of benzene rings is 1. The largest absolute Gasteiger partial charge is 0.475 e. The predicted molar refractivity (Wildman–Crippen MR) is 99.2 cm³/mol. The molecule has 1 aliphatic rings. The van der Waals surface area contributed by atoms with Gasteiger partial charge in [-0.2, -0.15) is 10.2 Å². The summed E-state index contributed by atoms with van der Waals surface area (Å²) in [4.78, 5) is 32.2. The topological polar surface area (TPSA) is 140 Å². The molecule has 2 aromatic rings. The van der Waals surface area contributed by atoms with E-state index in [1.54, 1.807) is 31.2 Å². The van der Waals surface area contributed by atoms with Crippen LogP contribution in [0.15, 0.2) is 24.3 Å². The molecule has 2 heterocycles. The minimum absolute atomic E-state index is 0.0236. The average molecular weight is 381 g/mol. The average Bonchev–Trinajstić information content (AvgIpc) is 3.11. The number of anilines is 1. The van der Waals surface area contributed by atoms with Crippen molar-refractivity contribution in [2.75, 3.05) is 18.9 Å². The highest BCUT2D eigenvalue weighted by Crippen LogP contribution is 2.27. The van der Waals surface area contributed by atoms with Gasteiger partial charge in [0, 0.05) is 12.0 Å². The zero-order valence-electron chi connectivity index (χ0n) is 15.3. The lowest BCUT2D eigenvalue weighted by atomic mass is 10.1. The van der Waals surface area contributed by atoms with E-state index in [9.17, 15) is 9.59 Å². The van der Waals surface area contributed by atoms with Crippen LogP contribution in [0.2, 0.25) is 0 Å². The Hall–Kier alpha value is -3.67. The van der Waals surface area contributed by atoms with Gasteiger partial charge in [0.25, 0.3) is 0 Å². The summed E-state index contributed by atoms with van der Waals surface area (Å²) in [5.41, 5.74) is 6.93. The number of hydrogen-bond donors (Lipinski definition) is 2. The molecule has 3 N–H and O–H groups in total. The lowest BCUT2D eigenvalue weighted by Crippen LogP contribution is -2.31. The molecule has 1 aliphatic heterocycles. The van der Waals surface area contributed by atoms with E-state index in [4.69, 9.17) is 20.5 Å². The van der Waals surface area contributed by atoms with Crippen LogP contribution in [0.25, 0.3) is 11.4 Å². The van der Waals surface area contributed by atoms with Crippen LogP contribution in [0.3, 0.4) is 0 Å². The number of carbonyl (C=O) groups excluding carboxylic acids is 2. The van der Waals surface area contributed by atoms with Crippen LogP contribution in [0.1, 0.15) is 35.7 Å². The maximum Gasteiger partial charge on any atom is 0.347 e. The molecule has 144 valence electrons. The number of nitrogens with one attached hydrogen (secondary N) is 1. The fourth-order valence-corrected chi connectivity index (χ4v) is 2.80. The number of hydrogen-bond acceptors (Lipinski definition) is 8. The smallest absolute Gasteiger partial charge is 0.347 e. The summed E-state index contributed by atoms with van der Waals surface area (Å²) in [5, 5.41) is 11.9. The predicted octanol–water partition coefficient (Wildman–Crippen LogP) is 1.43. The quantitative estimate of drug-likeness (QED) is 0.716. The summed E-state index contributed by atoms with van der Waals surface area (Å²) >= 11 is 0. The molecule has 1 atom stereocenters. The highest BCUT2D eigenvalue weighted by Gasteiger charge is 2.26. The molecule has 1 aromatic heterocycles. The normalized spacial score (nSPS) is 15.6. The fraction of sp³-hybridized carbons (Fsp3) is 0.316. The Morgan fingerprint density at radius 1 is 1.43 bits per heavy atom. The minimum Gasteiger partial charge on any atom is -0.475 e. The molecular formula is C19H19N5O4. The Morgan fingerprint density at radius 3 is 2.93 bits per heavy atom. The Morgan fingerprint density at radius 2 is 2.25 bits per heavy atom. The fourth-order valence-electron chi connectivity index (χ4n) is 2.80. The van der Waals surface area contributed by atoms with E-state index in [-0.39, 0.29) is 48.2 Å². The second kappa shape index (κ2) is 8.35. The molecule has 0 radical (unpaired) electrons. The molecule has 0 saturated carbocycles. The van der Waals surface area contributed by atoms with E-state index in [0.717, 1.165) is 0 Å². The van der Waals surface area contributed by atoms with Gasteiger partial charge in [0.1, 0.15) is 12.4 Å². The lowest BCUT2D eigenvalue weighted by Gasteiger charge is -2.15. The summed E-state index contributed by atoms with van der Waals surface area (Å²) in [5.74, 6) is -0.632. The number of rotatable bonds is 6. The van der Waals surface area contributed by atoms with Gasteiger partial charge in [-0.3, -0.25) is 4.79 Å². The van der Waals surface area contributed by atoms with Crippen LogP contribution in [0.4, 0.5) is 5.82 Å².